The smallest absolute Gasteiger partial charge is 0.227 e. The lowest BCUT2D eigenvalue weighted by molar-refractivity contribution is 1.06. The first-order chi connectivity index (χ1) is 11.1. The average Bonchev–Trinajstić information content (AvgIpc) is 2.50. The van der Waals surface area contributed by atoms with Crippen LogP contribution < -0.4 is 10.6 Å². The summed E-state index contributed by atoms with van der Waals surface area (Å²) in [6, 6.07) is 18.3. The summed E-state index contributed by atoms with van der Waals surface area (Å²) in [6.07, 6.45) is 0. The Morgan fingerprint density at radius 1 is 0.696 bits per heavy atom. The van der Waals surface area contributed by atoms with Crippen molar-refractivity contribution in [1.29, 1.82) is 0 Å². The minimum atomic E-state index is 0.612. The maximum absolute atomic E-state index is 4.44. The number of para-hydroxylation sites is 2. The SMILES string of the molecule is Cc1ccc(Nc2ccccc2Nc2nc(C)cc(C)n2)cc1. The standard InChI is InChI=1S/C19H20N4/c1-13-8-10-16(11-9-13)22-17-6-4-5-7-18(17)23-19-20-14(2)12-15(3)21-19/h4-12,22H,1-3H3,(H,20,21,23). The van der Waals surface area contributed by atoms with Crippen molar-refractivity contribution in [2.45, 2.75) is 20.8 Å². The van der Waals surface area contributed by atoms with Crippen molar-refractivity contribution in [3.8, 4) is 0 Å². The number of anilines is 4. The van der Waals surface area contributed by atoms with Crippen LogP contribution in [0.5, 0.6) is 0 Å². The summed E-state index contributed by atoms with van der Waals surface area (Å²) in [7, 11) is 0. The number of hydrogen-bond acceptors (Lipinski definition) is 4. The number of nitrogens with zero attached hydrogens (tertiary/aromatic N) is 2. The summed E-state index contributed by atoms with van der Waals surface area (Å²) in [5, 5.41) is 6.73. The molecule has 2 aromatic carbocycles. The van der Waals surface area contributed by atoms with E-state index >= 15 is 0 Å². The molecular formula is C19H20N4. The molecule has 0 saturated heterocycles. The fourth-order valence-corrected chi connectivity index (χ4v) is 2.40. The quantitative estimate of drug-likeness (QED) is 0.720. The molecule has 1 aromatic heterocycles. The van der Waals surface area contributed by atoms with Gasteiger partial charge in [-0.05, 0) is 51.1 Å². The van der Waals surface area contributed by atoms with Crippen LogP contribution in [0.4, 0.5) is 23.0 Å². The molecule has 0 aliphatic heterocycles. The van der Waals surface area contributed by atoms with E-state index in [4.69, 9.17) is 0 Å². The molecule has 0 fully saturated rings. The minimum absolute atomic E-state index is 0.612. The molecule has 0 amide bonds. The van der Waals surface area contributed by atoms with Gasteiger partial charge in [-0.2, -0.15) is 0 Å². The van der Waals surface area contributed by atoms with Crippen LogP contribution in [-0.4, -0.2) is 9.97 Å². The molecule has 23 heavy (non-hydrogen) atoms. The van der Waals surface area contributed by atoms with Gasteiger partial charge >= 0.3 is 0 Å². The Labute approximate surface area is 136 Å². The molecule has 0 unspecified atom stereocenters. The van der Waals surface area contributed by atoms with E-state index in [1.165, 1.54) is 5.56 Å². The molecule has 0 aliphatic rings. The molecule has 0 saturated carbocycles. The maximum Gasteiger partial charge on any atom is 0.227 e. The number of aryl methyl sites for hydroxylation is 3. The summed E-state index contributed by atoms with van der Waals surface area (Å²) in [4.78, 5) is 8.88. The monoisotopic (exact) mass is 304 g/mol. The van der Waals surface area contributed by atoms with E-state index in [0.717, 1.165) is 28.5 Å². The molecule has 0 radical (unpaired) electrons. The second-order valence-corrected chi connectivity index (χ2v) is 5.64. The van der Waals surface area contributed by atoms with E-state index in [-0.39, 0.29) is 0 Å². The number of nitrogens with one attached hydrogen (secondary N) is 2. The van der Waals surface area contributed by atoms with Crippen molar-refractivity contribution >= 4 is 23.0 Å². The summed E-state index contributed by atoms with van der Waals surface area (Å²) in [5.41, 5.74) is 6.11. The van der Waals surface area contributed by atoms with E-state index in [1.807, 2.05) is 44.2 Å². The predicted molar refractivity (Wildman–Crippen MR) is 95.7 cm³/mol. The van der Waals surface area contributed by atoms with Crippen LogP contribution in [-0.2, 0) is 0 Å². The number of benzene rings is 2. The van der Waals surface area contributed by atoms with Gasteiger partial charge in [0.05, 0.1) is 11.4 Å². The molecule has 116 valence electrons. The van der Waals surface area contributed by atoms with Crippen molar-refractivity contribution in [1.82, 2.24) is 9.97 Å². The Balaban J connectivity index is 1.86. The molecular weight excluding hydrogens is 284 g/mol. The van der Waals surface area contributed by atoms with Crippen molar-refractivity contribution in [3.63, 3.8) is 0 Å². The summed E-state index contributed by atoms with van der Waals surface area (Å²) in [6.45, 7) is 6.02. The second-order valence-electron chi connectivity index (χ2n) is 5.64. The zero-order valence-corrected chi connectivity index (χ0v) is 13.6. The van der Waals surface area contributed by atoms with Gasteiger partial charge in [0.25, 0.3) is 0 Å². The lowest BCUT2D eigenvalue weighted by Crippen LogP contribution is -2.02. The summed E-state index contributed by atoms with van der Waals surface area (Å²) >= 11 is 0. The van der Waals surface area contributed by atoms with Gasteiger partial charge < -0.3 is 10.6 Å². The highest BCUT2D eigenvalue weighted by Crippen LogP contribution is 2.27. The number of aromatic nitrogens is 2. The van der Waals surface area contributed by atoms with Crippen LogP contribution in [0.25, 0.3) is 0 Å². The molecule has 3 rings (SSSR count). The highest BCUT2D eigenvalue weighted by atomic mass is 15.1. The van der Waals surface area contributed by atoms with Crippen molar-refractivity contribution in [2.75, 3.05) is 10.6 Å². The fourth-order valence-electron chi connectivity index (χ4n) is 2.40. The Hall–Kier alpha value is -2.88. The third-order valence-corrected chi connectivity index (χ3v) is 3.49. The van der Waals surface area contributed by atoms with Gasteiger partial charge in [-0.15, -0.1) is 0 Å². The second kappa shape index (κ2) is 6.48. The largest absolute Gasteiger partial charge is 0.354 e. The highest BCUT2D eigenvalue weighted by molar-refractivity contribution is 5.76. The Morgan fingerprint density at radius 3 is 1.87 bits per heavy atom. The van der Waals surface area contributed by atoms with E-state index in [9.17, 15) is 0 Å². The molecule has 3 aromatic rings. The normalized spacial score (nSPS) is 10.4. The Morgan fingerprint density at radius 2 is 1.26 bits per heavy atom. The van der Waals surface area contributed by atoms with Crippen molar-refractivity contribution in [2.24, 2.45) is 0 Å². The van der Waals surface area contributed by atoms with Gasteiger partial charge in [-0.1, -0.05) is 29.8 Å². The molecule has 4 nitrogen and oxygen atoms in total. The number of hydrogen-bond donors (Lipinski definition) is 2. The molecule has 4 heteroatoms. The lowest BCUT2D eigenvalue weighted by Gasteiger charge is -2.13. The van der Waals surface area contributed by atoms with Gasteiger partial charge in [0.2, 0.25) is 5.95 Å². The zero-order valence-electron chi connectivity index (χ0n) is 13.6. The van der Waals surface area contributed by atoms with Crippen molar-refractivity contribution in [3.05, 3.63) is 71.5 Å². The first kappa shape index (κ1) is 15.0. The van der Waals surface area contributed by atoms with Gasteiger partial charge in [0.15, 0.2) is 0 Å². The van der Waals surface area contributed by atoms with Gasteiger partial charge in [-0.25, -0.2) is 9.97 Å². The highest BCUT2D eigenvalue weighted by Gasteiger charge is 2.05. The van der Waals surface area contributed by atoms with Crippen LogP contribution in [0.3, 0.4) is 0 Å². The maximum atomic E-state index is 4.44. The van der Waals surface area contributed by atoms with Crippen LogP contribution in [0, 0.1) is 20.8 Å². The predicted octanol–water partition coefficient (Wildman–Crippen LogP) is 4.89. The van der Waals surface area contributed by atoms with E-state index in [1.54, 1.807) is 0 Å². The topological polar surface area (TPSA) is 49.8 Å². The van der Waals surface area contributed by atoms with Gasteiger partial charge in [-0.3, -0.25) is 0 Å². The minimum Gasteiger partial charge on any atom is -0.354 e. The third-order valence-electron chi connectivity index (χ3n) is 3.49. The molecule has 0 aliphatic carbocycles. The summed E-state index contributed by atoms with van der Waals surface area (Å²) < 4.78 is 0. The first-order valence-corrected chi connectivity index (χ1v) is 7.62. The lowest BCUT2D eigenvalue weighted by atomic mass is 10.2. The van der Waals surface area contributed by atoms with Crippen LogP contribution in [0.15, 0.2) is 54.6 Å². The van der Waals surface area contributed by atoms with E-state index < -0.39 is 0 Å². The number of rotatable bonds is 4. The third kappa shape index (κ3) is 3.86. The van der Waals surface area contributed by atoms with Crippen LogP contribution >= 0.6 is 0 Å². The Kier molecular flexibility index (Phi) is 4.24. The van der Waals surface area contributed by atoms with Crippen LogP contribution in [0.1, 0.15) is 17.0 Å². The fraction of sp³-hybridized carbons (Fsp3) is 0.158. The van der Waals surface area contributed by atoms with Crippen molar-refractivity contribution < 1.29 is 0 Å². The van der Waals surface area contributed by atoms with Gasteiger partial charge in [0.1, 0.15) is 0 Å². The first-order valence-electron chi connectivity index (χ1n) is 7.62. The van der Waals surface area contributed by atoms with Gasteiger partial charge in [0, 0.05) is 17.1 Å². The van der Waals surface area contributed by atoms with E-state index in [2.05, 4.69) is 51.8 Å². The molecule has 1 heterocycles. The Bertz CT molecular complexity index is 790. The molecule has 0 atom stereocenters. The molecule has 0 bridgehead atoms. The zero-order chi connectivity index (χ0) is 16.2. The summed E-state index contributed by atoms with van der Waals surface area (Å²) in [5.74, 6) is 0.612. The average molecular weight is 304 g/mol. The van der Waals surface area contributed by atoms with E-state index in [0.29, 0.717) is 5.95 Å². The molecule has 0 spiro atoms. The molecule has 2 N–H and O–H groups in total. The van der Waals surface area contributed by atoms with Crippen LogP contribution in [0.2, 0.25) is 0 Å².